The lowest BCUT2D eigenvalue weighted by Gasteiger charge is -2.61. The van der Waals surface area contributed by atoms with Gasteiger partial charge in [0.05, 0.1) is 11.0 Å². The molecule has 2 aliphatic carbocycles. The van der Waals surface area contributed by atoms with Crippen LogP contribution in [0.1, 0.15) is 38.2 Å². The summed E-state index contributed by atoms with van der Waals surface area (Å²) in [5.41, 5.74) is 0.934. The first-order valence-corrected chi connectivity index (χ1v) is 7.67. The van der Waals surface area contributed by atoms with E-state index in [9.17, 15) is 10.1 Å². The zero-order chi connectivity index (χ0) is 15.7. The number of ether oxygens (including phenoxy) is 1. The third-order valence-electron chi connectivity index (χ3n) is 5.09. The maximum Gasteiger partial charge on any atom is 0.287 e. The second-order valence-corrected chi connectivity index (χ2v) is 6.06. The quantitative estimate of drug-likeness (QED) is 0.666. The van der Waals surface area contributed by atoms with Gasteiger partial charge in [0.2, 0.25) is 0 Å². The molecule has 1 aromatic carbocycles. The van der Waals surface area contributed by atoms with E-state index in [1.165, 1.54) is 12.5 Å². The Morgan fingerprint density at radius 2 is 2.32 bits per heavy atom. The fourth-order valence-electron chi connectivity index (χ4n) is 3.72. The molecule has 1 spiro atoms. The molecule has 0 saturated heterocycles. The summed E-state index contributed by atoms with van der Waals surface area (Å²) >= 11 is 0. The summed E-state index contributed by atoms with van der Waals surface area (Å²) < 4.78 is 5.82. The van der Waals surface area contributed by atoms with Crippen molar-refractivity contribution in [1.82, 2.24) is 0 Å². The lowest BCUT2D eigenvalue weighted by molar-refractivity contribution is -0.385. The van der Waals surface area contributed by atoms with Gasteiger partial charge >= 0.3 is 0 Å². The number of hydrogen-bond donors (Lipinski definition) is 1. The molecule has 0 amide bonds. The standard InChI is InChI=1S/C16H19N3O3/c1-2-22-15-9-14(16(15)6-3-7-16)18-12-4-5-13(19(20)21)11(8-12)10-17/h4-5,8,14-15,18H,2-3,6-7,9H2,1H3/t14-,15+/m0/s1. The van der Waals surface area contributed by atoms with Crippen molar-refractivity contribution in [3.8, 4) is 6.07 Å². The number of nitrogens with zero attached hydrogens (tertiary/aromatic N) is 2. The second-order valence-electron chi connectivity index (χ2n) is 6.06. The highest BCUT2D eigenvalue weighted by molar-refractivity contribution is 5.59. The maximum atomic E-state index is 10.9. The SMILES string of the molecule is CCO[C@@H]1C[C@H](Nc2ccc([N+](=O)[O-])c(C#N)c2)C12CCC2. The van der Waals surface area contributed by atoms with Crippen molar-refractivity contribution in [3.05, 3.63) is 33.9 Å². The molecule has 2 fully saturated rings. The summed E-state index contributed by atoms with van der Waals surface area (Å²) in [5, 5.41) is 23.4. The van der Waals surface area contributed by atoms with Gasteiger partial charge in [0.15, 0.2) is 0 Å². The van der Waals surface area contributed by atoms with Crippen LogP contribution >= 0.6 is 0 Å². The Hall–Kier alpha value is -2.13. The highest BCUT2D eigenvalue weighted by Gasteiger charge is 2.58. The Morgan fingerprint density at radius 3 is 2.86 bits per heavy atom. The van der Waals surface area contributed by atoms with Crippen molar-refractivity contribution in [2.24, 2.45) is 5.41 Å². The minimum Gasteiger partial charge on any atom is -0.382 e. The zero-order valence-corrected chi connectivity index (χ0v) is 12.5. The smallest absolute Gasteiger partial charge is 0.287 e. The van der Waals surface area contributed by atoms with Crippen LogP contribution in [0.4, 0.5) is 11.4 Å². The number of rotatable bonds is 5. The van der Waals surface area contributed by atoms with Gasteiger partial charge in [0.1, 0.15) is 11.6 Å². The van der Waals surface area contributed by atoms with Crippen molar-refractivity contribution in [1.29, 1.82) is 5.26 Å². The van der Waals surface area contributed by atoms with Crippen LogP contribution in [0.5, 0.6) is 0 Å². The molecule has 1 aromatic rings. The average molecular weight is 301 g/mol. The Bertz CT molecular complexity index is 634. The number of nitro groups is 1. The van der Waals surface area contributed by atoms with Crippen molar-refractivity contribution in [2.45, 2.75) is 44.8 Å². The van der Waals surface area contributed by atoms with E-state index in [0.29, 0.717) is 12.1 Å². The van der Waals surface area contributed by atoms with Crippen molar-refractivity contribution >= 4 is 11.4 Å². The van der Waals surface area contributed by atoms with Crippen LogP contribution in [-0.2, 0) is 4.74 Å². The van der Waals surface area contributed by atoms with Crippen molar-refractivity contribution in [3.63, 3.8) is 0 Å². The molecule has 1 N–H and O–H groups in total. The number of nitriles is 1. The number of hydrogen-bond acceptors (Lipinski definition) is 5. The summed E-state index contributed by atoms with van der Waals surface area (Å²) in [6.45, 7) is 2.75. The Balaban J connectivity index is 1.75. The van der Waals surface area contributed by atoms with E-state index >= 15 is 0 Å². The van der Waals surface area contributed by atoms with E-state index in [2.05, 4.69) is 5.32 Å². The Morgan fingerprint density at radius 1 is 1.55 bits per heavy atom. The minimum atomic E-state index is -0.524. The Labute approximate surface area is 129 Å². The molecule has 2 atom stereocenters. The number of benzene rings is 1. The van der Waals surface area contributed by atoms with Crippen LogP contribution in [0.15, 0.2) is 18.2 Å². The van der Waals surface area contributed by atoms with Gasteiger partial charge in [-0.25, -0.2) is 0 Å². The molecular formula is C16H19N3O3. The fraction of sp³-hybridized carbons (Fsp3) is 0.562. The third kappa shape index (κ3) is 2.22. The van der Waals surface area contributed by atoms with E-state index in [1.54, 1.807) is 12.1 Å². The van der Waals surface area contributed by atoms with Crippen LogP contribution in [0.2, 0.25) is 0 Å². The molecule has 6 heteroatoms. The molecule has 0 unspecified atom stereocenters. The Kier molecular flexibility index (Phi) is 3.75. The molecule has 2 saturated carbocycles. The van der Waals surface area contributed by atoms with Gasteiger partial charge in [-0.15, -0.1) is 0 Å². The summed E-state index contributed by atoms with van der Waals surface area (Å²) in [6.07, 6.45) is 4.82. The van der Waals surface area contributed by atoms with Gasteiger partial charge in [-0.1, -0.05) is 6.42 Å². The monoisotopic (exact) mass is 301 g/mol. The highest BCUT2D eigenvalue weighted by atomic mass is 16.6. The molecule has 116 valence electrons. The van der Waals surface area contributed by atoms with Crippen molar-refractivity contribution in [2.75, 3.05) is 11.9 Å². The number of nitrogens with one attached hydrogen (secondary N) is 1. The van der Waals surface area contributed by atoms with E-state index in [4.69, 9.17) is 10.00 Å². The van der Waals surface area contributed by atoms with Gasteiger partial charge in [0.25, 0.3) is 5.69 Å². The van der Waals surface area contributed by atoms with Crippen molar-refractivity contribution < 1.29 is 9.66 Å². The largest absolute Gasteiger partial charge is 0.382 e. The molecule has 0 heterocycles. The van der Waals surface area contributed by atoms with Crippen LogP contribution in [-0.4, -0.2) is 23.7 Å². The van der Waals surface area contributed by atoms with Gasteiger partial charge in [0, 0.05) is 29.8 Å². The lowest BCUT2D eigenvalue weighted by atomic mass is 9.51. The third-order valence-corrected chi connectivity index (χ3v) is 5.09. The van der Waals surface area contributed by atoms with Crippen LogP contribution in [0.25, 0.3) is 0 Å². The summed E-state index contributed by atoms with van der Waals surface area (Å²) in [7, 11) is 0. The molecule has 0 aliphatic heterocycles. The normalized spacial score (nSPS) is 24.9. The predicted octanol–water partition coefficient (Wildman–Crippen LogP) is 3.23. The van der Waals surface area contributed by atoms with Gasteiger partial charge in [-0.2, -0.15) is 5.26 Å². The lowest BCUT2D eigenvalue weighted by Crippen LogP contribution is -2.64. The summed E-state index contributed by atoms with van der Waals surface area (Å²) in [4.78, 5) is 10.3. The summed E-state index contributed by atoms with van der Waals surface area (Å²) in [6, 6.07) is 6.87. The average Bonchev–Trinajstić information content (AvgIpc) is 2.43. The minimum absolute atomic E-state index is 0.0957. The molecule has 22 heavy (non-hydrogen) atoms. The number of nitro benzene ring substituents is 1. The van der Waals surface area contributed by atoms with Gasteiger partial charge in [-0.05, 0) is 38.3 Å². The molecule has 0 aromatic heterocycles. The molecule has 2 aliphatic rings. The van der Waals surface area contributed by atoms with E-state index in [1.807, 2.05) is 13.0 Å². The second kappa shape index (κ2) is 5.58. The maximum absolute atomic E-state index is 10.9. The van der Waals surface area contributed by atoms with Gasteiger partial charge < -0.3 is 10.1 Å². The first-order chi connectivity index (χ1) is 10.6. The first kappa shape index (κ1) is 14.8. The topological polar surface area (TPSA) is 88.2 Å². The fourth-order valence-corrected chi connectivity index (χ4v) is 3.72. The number of anilines is 1. The van der Waals surface area contributed by atoms with Gasteiger partial charge in [-0.3, -0.25) is 10.1 Å². The van der Waals surface area contributed by atoms with Crippen LogP contribution in [0, 0.1) is 26.9 Å². The molecular weight excluding hydrogens is 282 g/mol. The molecule has 0 radical (unpaired) electrons. The predicted molar refractivity (Wildman–Crippen MR) is 81.5 cm³/mol. The zero-order valence-electron chi connectivity index (χ0n) is 12.5. The first-order valence-electron chi connectivity index (χ1n) is 7.67. The van der Waals surface area contributed by atoms with E-state index < -0.39 is 4.92 Å². The van der Waals surface area contributed by atoms with E-state index in [-0.39, 0.29) is 16.7 Å². The summed E-state index contributed by atoms with van der Waals surface area (Å²) in [5.74, 6) is 0. The van der Waals surface area contributed by atoms with Crippen LogP contribution < -0.4 is 5.32 Å². The molecule has 3 rings (SSSR count). The molecule has 0 bridgehead atoms. The van der Waals surface area contributed by atoms with E-state index in [0.717, 1.165) is 31.6 Å². The van der Waals surface area contributed by atoms with Crippen LogP contribution in [0.3, 0.4) is 0 Å². The highest BCUT2D eigenvalue weighted by Crippen LogP contribution is 2.58. The molecule has 6 nitrogen and oxygen atoms in total.